The molecule has 3 rings (SSSR count). The van der Waals surface area contributed by atoms with Crippen molar-refractivity contribution in [1.82, 2.24) is 5.16 Å². The number of aliphatic carboxylic acids is 1. The van der Waals surface area contributed by atoms with Crippen molar-refractivity contribution in [1.29, 1.82) is 0 Å². The highest BCUT2D eigenvalue weighted by molar-refractivity contribution is 5.92. The summed E-state index contributed by atoms with van der Waals surface area (Å²) in [5, 5.41) is 16.8. The van der Waals surface area contributed by atoms with Gasteiger partial charge in [0.25, 0.3) is 0 Å². The van der Waals surface area contributed by atoms with Crippen LogP contribution in [0.2, 0.25) is 0 Å². The van der Waals surface area contributed by atoms with Gasteiger partial charge in [0, 0.05) is 30.0 Å². The predicted molar refractivity (Wildman–Crippen MR) is 125 cm³/mol. The molecule has 1 aromatic carbocycles. The fourth-order valence-corrected chi connectivity index (χ4v) is 4.26. The molecule has 174 valence electrons. The van der Waals surface area contributed by atoms with Crippen LogP contribution < -0.4 is 5.32 Å². The van der Waals surface area contributed by atoms with Gasteiger partial charge in [0.05, 0.1) is 12.1 Å². The number of amides is 1. The summed E-state index contributed by atoms with van der Waals surface area (Å²) in [4.78, 5) is 24.4. The molecule has 0 radical (unpaired) electrons. The van der Waals surface area contributed by atoms with E-state index in [2.05, 4.69) is 31.2 Å². The van der Waals surface area contributed by atoms with Gasteiger partial charge in [-0.2, -0.15) is 0 Å². The summed E-state index contributed by atoms with van der Waals surface area (Å²) in [6.07, 6.45) is 4.91. The zero-order valence-electron chi connectivity index (χ0n) is 20.0. The predicted octanol–water partition coefficient (Wildman–Crippen LogP) is 6.12. The number of rotatable bonds is 10. The number of hydrogen-bond acceptors (Lipinski definition) is 4. The number of anilines is 1. The van der Waals surface area contributed by atoms with E-state index in [1.54, 1.807) is 0 Å². The summed E-state index contributed by atoms with van der Waals surface area (Å²) in [5.41, 5.74) is 4.83. The van der Waals surface area contributed by atoms with E-state index in [1.165, 1.54) is 0 Å². The summed E-state index contributed by atoms with van der Waals surface area (Å²) in [5.74, 6) is -0.402. The second-order valence-corrected chi connectivity index (χ2v) is 10.5. The molecule has 1 aliphatic rings. The SMILES string of the molecule is Cc1ccc(NC(=O)CC(CC(=O)O)c2noc(CCCC(C)(C)C)c2C2CC2)c(C)c1. The van der Waals surface area contributed by atoms with Gasteiger partial charge in [0.15, 0.2) is 0 Å². The van der Waals surface area contributed by atoms with Gasteiger partial charge in [-0.3, -0.25) is 9.59 Å². The van der Waals surface area contributed by atoms with E-state index in [4.69, 9.17) is 4.52 Å². The molecule has 1 aromatic heterocycles. The maximum atomic E-state index is 12.8. The van der Waals surface area contributed by atoms with Crippen molar-refractivity contribution in [3.8, 4) is 0 Å². The summed E-state index contributed by atoms with van der Waals surface area (Å²) >= 11 is 0. The van der Waals surface area contributed by atoms with Crippen LogP contribution in [-0.2, 0) is 16.0 Å². The fraction of sp³-hybridized carbons (Fsp3) is 0.577. The third kappa shape index (κ3) is 6.68. The van der Waals surface area contributed by atoms with Gasteiger partial charge in [0.1, 0.15) is 5.76 Å². The summed E-state index contributed by atoms with van der Waals surface area (Å²) in [6.45, 7) is 10.6. The molecule has 1 amide bonds. The molecule has 1 saturated carbocycles. The molecule has 1 atom stereocenters. The number of hydrogen-bond donors (Lipinski definition) is 2. The van der Waals surface area contributed by atoms with E-state index in [-0.39, 0.29) is 24.2 Å². The molecular weight excluding hydrogens is 404 g/mol. The summed E-state index contributed by atoms with van der Waals surface area (Å²) in [6, 6.07) is 5.84. The lowest BCUT2D eigenvalue weighted by Gasteiger charge is -2.17. The molecular formula is C26H36N2O4. The third-order valence-electron chi connectivity index (χ3n) is 6.04. The molecule has 32 heavy (non-hydrogen) atoms. The van der Waals surface area contributed by atoms with E-state index in [0.29, 0.717) is 11.6 Å². The molecule has 1 unspecified atom stereocenters. The third-order valence-corrected chi connectivity index (χ3v) is 6.04. The first-order chi connectivity index (χ1) is 15.0. The lowest BCUT2D eigenvalue weighted by atomic mass is 9.88. The van der Waals surface area contributed by atoms with Gasteiger partial charge in [-0.15, -0.1) is 0 Å². The average molecular weight is 441 g/mol. The highest BCUT2D eigenvalue weighted by Crippen LogP contribution is 2.46. The lowest BCUT2D eigenvalue weighted by molar-refractivity contribution is -0.137. The average Bonchev–Trinajstić information content (AvgIpc) is 3.42. The number of carboxylic acid groups (broad SMARTS) is 1. The van der Waals surface area contributed by atoms with Crippen molar-refractivity contribution < 1.29 is 19.2 Å². The molecule has 1 aliphatic carbocycles. The van der Waals surface area contributed by atoms with E-state index in [9.17, 15) is 14.7 Å². The number of aromatic nitrogens is 1. The molecule has 1 fully saturated rings. The fourth-order valence-electron chi connectivity index (χ4n) is 4.26. The van der Waals surface area contributed by atoms with Crippen molar-refractivity contribution in [2.75, 3.05) is 5.32 Å². The van der Waals surface area contributed by atoms with Crippen molar-refractivity contribution in [3.63, 3.8) is 0 Å². The van der Waals surface area contributed by atoms with E-state index < -0.39 is 11.9 Å². The first-order valence-electron chi connectivity index (χ1n) is 11.6. The van der Waals surface area contributed by atoms with Gasteiger partial charge in [-0.1, -0.05) is 43.6 Å². The molecule has 2 aromatic rings. The minimum absolute atomic E-state index is 0.0628. The van der Waals surface area contributed by atoms with Crippen LogP contribution in [0.25, 0.3) is 0 Å². The maximum absolute atomic E-state index is 12.8. The number of nitrogens with one attached hydrogen (secondary N) is 1. The number of carbonyl (C=O) groups excluding carboxylic acids is 1. The zero-order chi connectivity index (χ0) is 23.5. The second kappa shape index (κ2) is 9.88. The van der Waals surface area contributed by atoms with Crippen LogP contribution in [0.1, 0.15) is 99.3 Å². The van der Waals surface area contributed by atoms with Gasteiger partial charge in [-0.05, 0) is 62.5 Å². The molecule has 1 heterocycles. The lowest BCUT2D eigenvalue weighted by Crippen LogP contribution is -2.19. The molecule has 0 spiro atoms. The molecule has 0 aliphatic heterocycles. The van der Waals surface area contributed by atoms with Gasteiger partial charge in [-0.25, -0.2) is 0 Å². The molecule has 0 saturated heterocycles. The number of carboxylic acids is 1. The monoisotopic (exact) mass is 440 g/mol. The number of benzene rings is 1. The molecule has 6 heteroatoms. The Balaban J connectivity index is 1.77. The van der Waals surface area contributed by atoms with E-state index in [0.717, 1.165) is 60.2 Å². The van der Waals surface area contributed by atoms with Crippen molar-refractivity contribution in [2.45, 2.75) is 91.4 Å². The normalized spacial score (nSPS) is 14.9. The standard InChI is InChI=1S/C26H36N2O4/c1-16-8-11-20(17(2)13-16)27-22(29)14-19(15-23(30)31)25-24(18-9-10-18)21(32-28-25)7-6-12-26(3,4)5/h8,11,13,18-19H,6-7,9-10,12,14-15H2,1-5H3,(H,27,29)(H,30,31). The topological polar surface area (TPSA) is 92.4 Å². The highest BCUT2D eigenvalue weighted by Gasteiger charge is 2.36. The Labute approximate surface area is 190 Å². The largest absolute Gasteiger partial charge is 0.481 e. The second-order valence-electron chi connectivity index (χ2n) is 10.5. The minimum Gasteiger partial charge on any atom is -0.481 e. The van der Waals surface area contributed by atoms with E-state index >= 15 is 0 Å². The Hall–Kier alpha value is -2.63. The van der Waals surface area contributed by atoms with Crippen LogP contribution in [0.15, 0.2) is 22.7 Å². The Bertz CT molecular complexity index is 967. The van der Waals surface area contributed by atoms with Crippen LogP contribution in [0.5, 0.6) is 0 Å². The minimum atomic E-state index is -0.937. The van der Waals surface area contributed by atoms with Gasteiger partial charge in [0.2, 0.25) is 5.91 Å². The van der Waals surface area contributed by atoms with Crippen LogP contribution >= 0.6 is 0 Å². The quantitative estimate of drug-likeness (QED) is 0.464. The molecule has 6 nitrogen and oxygen atoms in total. The summed E-state index contributed by atoms with van der Waals surface area (Å²) in [7, 11) is 0. The molecule has 2 N–H and O–H groups in total. The maximum Gasteiger partial charge on any atom is 0.304 e. The van der Waals surface area contributed by atoms with Crippen LogP contribution in [0, 0.1) is 19.3 Å². The Kier molecular flexibility index (Phi) is 7.42. The van der Waals surface area contributed by atoms with Crippen molar-refractivity contribution >= 4 is 17.6 Å². The summed E-state index contributed by atoms with van der Waals surface area (Å²) < 4.78 is 5.73. The van der Waals surface area contributed by atoms with Crippen LogP contribution in [-0.4, -0.2) is 22.1 Å². The number of carbonyl (C=O) groups is 2. The first-order valence-corrected chi connectivity index (χ1v) is 11.6. The van der Waals surface area contributed by atoms with E-state index in [1.807, 2.05) is 32.0 Å². The van der Waals surface area contributed by atoms with Crippen molar-refractivity contribution in [2.24, 2.45) is 5.41 Å². The van der Waals surface area contributed by atoms with Crippen LogP contribution in [0.4, 0.5) is 5.69 Å². The first kappa shape index (κ1) is 24.0. The number of aryl methyl sites for hydroxylation is 3. The van der Waals surface area contributed by atoms with Crippen molar-refractivity contribution in [3.05, 3.63) is 46.3 Å². The smallest absolute Gasteiger partial charge is 0.304 e. The van der Waals surface area contributed by atoms with Crippen LogP contribution in [0.3, 0.4) is 0 Å². The number of nitrogens with zero attached hydrogens (tertiary/aromatic N) is 1. The Morgan fingerprint density at radius 2 is 1.94 bits per heavy atom. The zero-order valence-corrected chi connectivity index (χ0v) is 20.0. The van der Waals surface area contributed by atoms with Gasteiger partial charge < -0.3 is 14.9 Å². The molecule has 0 bridgehead atoms. The highest BCUT2D eigenvalue weighted by atomic mass is 16.5. The Morgan fingerprint density at radius 3 is 2.53 bits per heavy atom. The Morgan fingerprint density at radius 1 is 1.22 bits per heavy atom. The van der Waals surface area contributed by atoms with Gasteiger partial charge >= 0.3 is 5.97 Å².